The van der Waals surface area contributed by atoms with Crippen LogP contribution in [0, 0.1) is 0 Å². The van der Waals surface area contributed by atoms with Gasteiger partial charge in [0.15, 0.2) is 28.4 Å². The van der Waals surface area contributed by atoms with Crippen molar-refractivity contribution in [1.82, 2.24) is 0 Å². The van der Waals surface area contributed by atoms with Crippen LogP contribution in [0.25, 0.3) is 22.3 Å². The minimum Gasteiger partial charge on any atom is -0.504 e. The number of carbonyl (C=O) groups excluding carboxylic acids is 1. The fourth-order valence-corrected chi connectivity index (χ4v) is 4.24. The van der Waals surface area contributed by atoms with Crippen LogP contribution in [0.4, 0.5) is 0 Å². The van der Waals surface area contributed by atoms with Crippen molar-refractivity contribution in [3.63, 3.8) is 0 Å². The Balaban J connectivity index is 2.13. The zero-order valence-electron chi connectivity index (χ0n) is 19.8. The van der Waals surface area contributed by atoms with Gasteiger partial charge in [-0.1, -0.05) is 42.5 Å². The minimum atomic E-state index is -1.04. The Morgan fingerprint density at radius 1 is 0.917 bits per heavy atom. The van der Waals surface area contributed by atoms with Crippen LogP contribution in [-0.2, 0) is 9.53 Å². The van der Waals surface area contributed by atoms with Gasteiger partial charge >= 0.3 is 5.97 Å². The van der Waals surface area contributed by atoms with Crippen LogP contribution in [-0.4, -0.2) is 42.6 Å². The fraction of sp³-hybridized carbons (Fsp3) is 0.185. The molecule has 0 radical (unpaired) electrons. The Morgan fingerprint density at radius 2 is 1.64 bits per heavy atom. The van der Waals surface area contributed by atoms with Gasteiger partial charge in [-0.25, -0.2) is 0 Å². The van der Waals surface area contributed by atoms with Gasteiger partial charge in [-0.2, -0.15) is 0 Å². The molecule has 1 heterocycles. The second-order valence-electron chi connectivity index (χ2n) is 7.92. The Bertz CT molecular complexity index is 1490. The summed E-state index contributed by atoms with van der Waals surface area (Å²) in [7, 11) is 4.07. The summed E-state index contributed by atoms with van der Waals surface area (Å²) in [6.07, 6.45) is -0.327. The molecule has 0 aliphatic carbocycles. The predicted molar refractivity (Wildman–Crippen MR) is 131 cm³/mol. The summed E-state index contributed by atoms with van der Waals surface area (Å²) in [5, 5.41) is 31.8. The fourth-order valence-electron chi connectivity index (χ4n) is 4.24. The first-order chi connectivity index (χ1) is 17.3. The lowest BCUT2D eigenvalue weighted by molar-refractivity contribution is -0.140. The van der Waals surface area contributed by atoms with Crippen molar-refractivity contribution in [3.8, 4) is 40.1 Å². The number of methoxy groups -OCH3 is 3. The monoisotopic (exact) mass is 492 g/mol. The van der Waals surface area contributed by atoms with Crippen molar-refractivity contribution in [2.75, 3.05) is 21.3 Å². The van der Waals surface area contributed by atoms with Crippen molar-refractivity contribution in [1.29, 1.82) is 0 Å². The van der Waals surface area contributed by atoms with Gasteiger partial charge in [0.2, 0.25) is 5.75 Å². The van der Waals surface area contributed by atoms with Crippen molar-refractivity contribution in [2.24, 2.45) is 0 Å². The molecule has 186 valence electrons. The van der Waals surface area contributed by atoms with Gasteiger partial charge in [-0.3, -0.25) is 9.59 Å². The van der Waals surface area contributed by atoms with Gasteiger partial charge in [0, 0.05) is 28.7 Å². The number of aromatic hydroxyl groups is 3. The number of benzene rings is 3. The third-order valence-electron chi connectivity index (χ3n) is 5.95. The van der Waals surface area contributed by atoms with E-state index in [1.54, 1.807) is 48.5 Å². The quantitative estimate of drug-likeness (QED) is 0.255. The lowest BCUT2D eigenvalue weighted by Crippen LogP contribution is -2.13. The van der Waals surface area contributed by atoms with Crippen LogP contribution in [0.5, 0.6) is 28.7 Å². The maximum atomic E-state index is 13.1. The zero-order valence-corrected chi connectivity index (χ0v) is 19.8. The molecule has 0 amide bonds. The smallest absolute Gasteiger partial charge is 0.306 e. The number of hydrogen-bond acceptors (Lipinski definition) is 9. The molecule has 36 heavy (non-hydrogen) atoms. The highest BCUT2D eigenvalue weighted by atomic mass is 16.5. The highest BCUT2D eigenvalue weighted by molar-refractivity contribution is 5.94. The van der Waals surface area contributed by atoms with Crippen molar-refractivity contribution in [2.45, 2.75) is 12.3 Å². The van der Waals surface area contributed by atoms with Crippen LogP contribution in [0.3, 0.4) is 0 Å². The number of hydrogen-bond donors (Lipinski definition) is 3. The normalized spacial score (nSPS) is 11.8. The van der Waals surface area contributed by atoms with Gasteiger partial charge in [0.25, 0.3) is 0 Å². The van der Waals surface area contributed by atoms with Crippen molar-refractivity contribution in [3.05, 3.63) is 75.9 Å². The third kappa shape index (κ3) is 4.15. The third-order valence-corrected chi connectivity index (χ3v) is 5.95. The molecule has 3 N–H and O–H groups in total. The summed E-state index contributed by atoms with van der Waals surface area (Å²) in [6.45, 7) is 0. The van der Waals surface area contributed by atoms with Gasteiger partial charge in [0.1, 0.15) is 16.7 Å². The number of phenolic OH excluding ortho intramolecular Hbond substituents is 3. The molecule has 4 aromatic rings. The molecule has 0 fully saturated rings. The minimum absolute atomic E-state index is 0.105. The molecule has 0 saturated heterocycles. The number of fused-ring (bicyclic) bond motifs is 1. The number of carbonyl (C=O) groups is 1. The predicted octanol–water partition coefficient (Wildman–Crippen LogP) is 4.29. The number of phenols is 3. The molecule has 9 nitrogen and oxygen atoms in total. The van der Waals surface area contributed by atoms with E-state index in [0.717, 1.165) is 0 Å². The van der Waals surface area contributed by atoms with E-state index >= 15 is 0 Å². The first-order valence-electron chi connectivity index (χ1n) is 10.9. The SMILES string of the molecule is COC(=O)CC(c1cccc(OC)c1OC)c1c(O)c(O)c(O)c2c(=O)cc(-c3ccccc3)oc12. The van der Waals surface area contributed by atoms with Gasteiger partial charge in [-0.05, 0) is 6.07 Å². The highest BCUT2D eigenvalue weighted by Crippen LogP contribution is 2.51. The zero-order chi connectivity index (χ0) is 26.0. The lowest BCUT2D eigenvalue weighted by Gasteiger charge is -2.23. The molecule has 0 saturated carbocycles. The average molecular weight is 492 g/mol. The second-order valence-corrected chi connectivity index (χ2v) is 7.92. The van der Waals surface area contributed by atoms with Crippen LogP contribution in [0.15, 0.2) is 63.8 Å². The van der Waals surface area contributed by atoms with Gasteiger partial charge in [0.05, 0.1) is 27.8 Å². The number of rotatable bonds is 7. The van der Waals surface area contributed by atoms with E-state index in [4.69, 9.17) is 18.6 Å². The van der Waals surface area contributed by atoms with E-state index in [-0.39, 0.29) is 34.5 Å². The molecular formula is C27H24O9. The Kier molecular flexibility index (Phi) is 6.73. The Morgan fingerprint density at radius 3 is 2.28 bits per heavy atom. The van der Waals surface area contributed by atoms with E-state index in [1.807, 2.05) is 0 Å². The van der Waals surface area contributed by atoms with Crippen molar-refractivity contribution >= 4 is 16.9 Å². The van der Waals surface area contributed by atoms with Crippen LogP contribution in [0.1, 0.15) is 23.5 Å². The van der Waals surface area contributed by atoms with E-state index in [2.05, 4.69) is 0 Å². The van der Waals surface area contributed by atoms with E-state index in [1.165, 1.54) is 27.4 Å². The Labute approximate surface area is 205 Å². The van der Waals surface area contributed by atoms with E-state index in [9.17, 15) is 24.9 Å². The second kappa shape index (κ2) is 9.91. The number of ether oxygens (including phenoxy) is 3. The van der Waals surface area contributed by atoms with Gasteiger partial charge < -0.3 is 33.9 Å². The van der Waals surface area contributed by atoms with Gasteiger partial charge in [-0.15, -0.1) is 0 Å². The Hall–Kier alpha value is -4.66. The largest absolute Gasteiger partial charge is 0.504 e. The van der Waals surface area contributed by atoms with Crippen molar-refractivity contribution < 1.29 is 38.7 Å². The molecule has 0 spiro atoms. The summed E-state index contributed by atoms with van der Waals surface area (Å²) < 4.78 is 21.9. The summed E-state index contributed by atoms with van der Waals surface area (Å²) in [6, 6.07) is 14.9. The molecule has 0 bridgehead atoms. The molecule has 0 aliphatic rings. The lowest BCUT2D eigenvalue weighted by atomic mass is 9.85. The van der Waals surface area contributed by atoms with E-state index in [0.29, 0.717) is 16.9 Å². The first kappa shape index (κ1) is 24.5. The number of para-hydroxylation sites is 1. The van der Waals surface area contributed by atoms with Crippen LogP contribution < -0.4 is 14.9 Å². The molecular weight excluding hydrogens is 468 g/mol. The maximum absolute atomic E-state index is 13.1. The summed E-state index contributed by atoms with van der Waals surface area (Å²) in [5.74, 6) is -3.43. The van der Waals surface area contributed by atoms with Crippen LogP contribution in [0.2, 0.25) is 0 Å². The summed E-state index contributed by atoms with van der Waals surface area (Å²) >= 11 is 0. The number of esters is 1. The first-order valence-corrected chi connectivity index (χ1v) is 10.9. The van der Waals surface area contributed by atoms with Crippen LogP contribution >= 0.6 is 0 Å². The summed E-state index contributed by atoms with van der Waals surface area (Å²) in [5.41, 5.74) is -0.00618. The molecule has 1 aromatic heterocycles. The summed E-state index contributed by atoms with van der Waals surface area (Å²) in [4.78, 5) is 25.6. The molecule has 1 unspecified atom stereocenters. The van der Waals surface area contributed by atoms with E-state index < -0.39 is 34.6 Å². The average Bonchev–Trinajstić information content (AvgIpc) is 2.90. The molecule has 3 aromatic carbocycles. The topological polar surface area (TPSA) is 136 Å². The highest BCUT2D eigenvalue weighted by Gasteiger charge is 2.33. The maximum Gasteiger partial charge on any atom is 0.306 e. The molecule has 0 aliphatic heterocycles. The standard InChI is InChI=1S/C27H24O9/c1-33-18-11-7-10-15(26(18)35-3)16(12-20(29)34-2)21-23(30)25(32)24(31)22-17(28)13-19(36-27(21)22)14-8-5-4-6-9-14/h4-11,13,16,30-32H,12H2,1-3H3. The molecule has 4 rings (SSSR count). The molecule has 9 heteroatoms. The molecule has 1 atom stereocenters.